The Labute approximate surface area is 152 Å². The van der Waals surface area contributed by atoms with Crippen molar-refractivity contribution in [2.24, 2.45) is 0 Å². The van der Waals surface area contributed by atoms with Crippen LogP contribution in [0.2, 0.25) is 0 Å². The maximum atomic E-state index is 12.9. The quantitative estimate of drug-likeness (QED) is 0.760. The van der Waals surface area contributed by atoms with Crippen molar-refractivity contribution in [2.75, 3.05) is 17.5 Å². The summed E-state index contributed by atoms with van der Waals surface area (Å²) in [5.74, 6) is -0.752. The van der Waals surface area contributed by atoms with E-state index < -0.39 is 22.5 Å². The molecule has 0 aliphatic carbocycles. The van der Waals surface area contributed by atoms with E-state index in [1.807, 2.05) is 13.0 Å². The summed E-state index contributed by atoms with van der Waals surface area (Å²) in [6.07, 6.45) is 0.185. The number of benzene rings is 2. The number of rotatable bonds is 8. The number of hydrogen-bond acceptors (Lipinski definition) is 5. The van der Waals surface area contributed by atoms with Crippen molar-refractivity contribution < 1.29 is 23.1 Å². The minimum absolute atomic E-state index is 0.0386. The van der Waals surface area contributed by atoms with E-state index in [2.05, 4.69) is 0 Å². The van der Waals surface area contributed by atoms with E-state index in [9.17, 15) is 13.2 Å². The molecule has 7 nitrogen and oxygen atoms in total. The molecule has 0 heterocycles. The van der Waals surface area contributed by atoms with Gasteiger partial charge in [-0.2, -0.15) is 5.26 Å². The molecule has 0 aromatic heterocycles. The van der Waals surface area contributed by atoms with Crippen LogP contribution in [0, 0.1) is 11.3 Å². The molecule has 0 saturated heterocycles. The predicted octanol–water partition coefficient (Wildman–Crippen LogP) is 2.43. The van der Waals surface area contributed by atoms with Crippen LogP contribution >= 0.6 is 0 Å². The molecule has 1 N–H and O–H groups in total. The molecule has 2 aromatic rings. The molecule has 0 saturated carbocycles. The first-order chi connectivity index (χ1) is 12.4. The van der Waals surface area contributed by atoms with Gasteiger partial charge in [0, 0.05) is 0 Å². The lowest BCUT2D eigenvalue weighted by Gasteiger charge is -2.23. The Morgan fingerprint density at radius 3 is 2.27 bits per heavy atom. The van der Waals surface area contributed by atoms with Gasteiger partial charge in [0.2, 0.25) is 0 Å². The number of aliphatic carboxylic acids is 1. The molecule has 0 spiro atoms. The third-order valence-electron chi connectivity index (χ3n) is 3.51. The molecule has 2 rings (SSSR count). The van der Waals surface area contributed by atoms with Crippen molar-refractivity contribution >= 4 is 21.7 Å². The van der Waals surface area contributed by atoms with Gasteiger partial charge in [0.15, 0.2) is 0 Å². The van der Waals surface area contributed by atoms with Crippen LogP contribution in [0.4, 0.5) is 5.69 Å². The molecule has 0 bridgehead atoms. The Morgan fingerprint density at radius 2 is 1.77 bits per heavy atom. The lowest BCUT2D eigenvalue weighted by molar-refractivity contribution is -0.135. The summed E-state index contributed by atoms with van der Waals surface area (Å²) in [7, 11) is -4.07. The van der Waals surface area contributed by atoms with Crippen LogP contribution in [-0.4, -0.2) is 32.6 Å². The fourth-order valence-electron chi connectivity index (χ4n) is 2.31. The summed E-state index contributed by atoms with van der Waals surface area (Å²) in [6.45, 7) is 1.55. The maximum absolute atomic E-state index is 12.9. The first-order valence-electron chi connectivity index (χ1n) is 7.81. The number of ether oxygens (including phenoxy) is 1. The first kappa shape index (κ1) is 19.3. The molecule has 0 unspecified atom stereocenters. The number of carboxylic acid groups (broad SMARTS) is 1. The van der Waals surface area contributed by atoms with Gasteiger partial charge in [-0.15, -0.1) is 0 Å². The van der Waals surface area contributed by atoms with Gasteiger partial charge < -0.3 is 9.84 Å². The lowest BCUT2D eigenvalue weighted by atomic mass is 10.1. The number of nitrogens with zero attached hydrogens (tertiary/aromatic N) is 2. The van der Waals surface area contributed by atoms with Crippen LogP contribution in [0.3, 0.4) is 0 Å². The van der Waals surface area contributed by atoms with E-state index in [-0.39, 0.29) is 17.0 Å². The topological polar surface area (TPSA) is 108 Å². The first-order valence-corrected chi connectivity index (χ1v) is 9.25. The number of hydrogen-bond donors (Lipinski definition) is 1. The van der Waals surface area contributed by atoms with Crippen LogP contribution in [-0.2, 0) is 21.2 Å². The van der Waals surface area contributed by atoms with Crippen LogP contribution < -0.4 is 9.04 Å². The molecular weight excluding hydrogens is 356 g/mol. The van der Waals surface area contributed by atoms with Gasteiger partial charge in [-0.25, -0.2) is 8.42 Å². The molecule has 0 amide bonds. The van der Waals surface area contributed by atoms with Gasteiger partial charge in [-0.3, -0.25) is 9.10 Å². The Hall–Kier alpha value is -3.05. The Bertz CT molecular complexity index is 900. The Morgan fingerprint density at radius 1 is 1.15 bits per heavy atom. The smallest absolute Gasteiger partial charge is 0.324 e. The second-order valence-corrected chi connectivity index (χ2v) is 7.17. The highest BCUT2D eigenvalue weighted by molar-refractivity contribution is 7.92. The van der Waals surface area contributed by atoms with Crippen molar-refractivity contribution in [3.63, 3.8) is 0 Å². The number of carboxylic acids is 1. The van der Waals surface area contributed by atoms with Crippen LogP contribution in [0.5, 0.6) is 5.75 Å². The normalized spacial score (nSPS) is 10.8. The van der Waals surface area contributed by atoms with E-state index in [0.717, 1.165) is 4.31 Å². The van der Waals surface area contributed by atoms with Gasteiger partial charge in [-0.1, -0.05) is 12.1 Å². The van der Waals surface area contributed by atoms with Gasteiger partial charge in [0.05, 0.1) is 29.7 Å². The number of sulfonamides is 1. The van der Waals surface area contributed by atoms with Crippen LogP contribution in [0.25, 0.3) is 0 Å². The van der Waals surface area contributed by atoms with Crippen LogP contribution in [0.15, 0.2) is 53.4 Å². The number of anilines is 1. The number of nitriles is 1. The van der Waals surface area contributed by atoms with Gasteiger partial charge in [-0.05, 0) is 48.9 Å². The Balaban J connectivity index is 2.40. The molecule has 8 heteroatoms. The minimum atomic E-state index is -4.07. The zero-order valence-corrected chi connectivity index (χ0v) is 14.9. The summed E-state index contributed by atoms with van der Waals surface area (Å²) in [6, 6.07) is 14.0. The monoisotopic (exact) mass is 374 g/mol. The highest BCUT2D eigenvalue weighted by Crippen LogP contribution is 2.25. The van der Waals surface area contributed by atoms with Crippen molar-refractivity contribution in [1.29, 1.82) is 5.26 Å². The van der Waals surface area contributed by atoms with E-state index in [1.165, 1.54) is 36.4 Å². The van der Waals surface area contributed by atoms with Crippen molar-refractivity contribution in [2.45, 2.75) is 18.2 Å². The second kappa shape index (κ2) is 8.36. The molecule has 0 radical (unpaired) electrons. The highest BCUT2D eigenvalue weighted by Gasteiger charge is 2.27. The molecule has 26 heavy (non-hydrogen) atoms. The summed E-state index contributed by atoms with van der Waals surface area (Å²) in [5.41, 5.74) is 0.924. The van der Waals surface area contributed by atoms with E-state index in [1.54, 1.807) is 12.1 Å². The van der Waals surface area contributed by atoms with E-state index >= 15 is 0 Å². The van der Waals surface area contributed by atoms with Crippen molar-refractivity contribution in [3.8, 4) is 11.8 Å². The molecule has 2 aromatic carbocycles. The molecule has 136 valence electrons. The fourth-order valence-corrected chi connectivity index (χ4v) is 3.73. The second-order valence-electron chi connectivity index (χ2n) is 5.31. The molecule has 0 atom stereocenters. The summed E-state index contributed by atoms with van der Waals surface area (Å²) in [5, 5.41) is 17.9. The van der Waals surface area contributed by atoms with Crippen LogP contribution in [0.1, 0.15) is 12.5 Å². The lowest BCUT2D eigenvalue weighted by Crippen LogP contribution is -2.35. The van der Waals surface area contributed by atoms with Gasteiger partial charge in [0.1, 0.15) is 12.3 Å². The average Bonchev–Trinajstić information content (AvgIpc) is 2.61. The zero-order chi connectivity index (χ0) is 19.2. The highest BCUT2D eigenvalue weighted by atomic mass is 32.2. The van der Waals surface area contributed by atoms with Gasteiger partial charge >= 0.3 is 5.97 Å². The predicted molar refractivity (Wildman–Crippen MR) is 95.5 cm³/mol. The summed E-state index contributed by atoms with van der Waals surface area (Å²) in [4.78, 5) is 11.2. The third-order valence-corrected chi connectivity index (χ3v) is 5.30. The van der Waals surface area contributed by atoms with Crippen molar-refractivity contribution in [3.05, 3.63) is 54.1 Å². The molecule has 0 aliphatic heterocycles. The third kappa shape index (κ3) is 4.52. The van der Waals surface area contributed by atoms with Gasteiger partial charge in [0.25, 0.3) is 10.0 Å². The van der Waals surface area contributed by atoms with E-state index in [4.69, 9.17) is 15.1 Å². The standard InChI is InChI=1S/C18H18N2O5S/c1-2-25-16-7-9-17(10-8-16)26(23,24)20(13-18(21)22)15-5-3-14(4-6-15)11-12-19/h3-10H,2,11,13H2,1H3,(H,21,22). The fraction of sp³-hybridized carbons (Fsp3) is 0.222. The summed E-state index contributed by atoms with van der Waals surface area (Å²) < 4.78 is 31.9. The average molecular weight is 374 g/mol. The Kier molecular flexibility index (Phi) is 6.20. The molecular formula is C18H18N2O5S. The van der Waals surface area contributed by atoms with Crippen molar-refractivity contribution in [1.82, 2.24) is 0 Å². The number of carbonyl (C=O) groups is 1. The molecule has 0 aliphatic rings. The largest absolute Gasteiger partial charge is 0.494 e. The SMILES string of the molecule is CCOc1ccc(S(=O)(=O)N(CC(=O)O)c2ccc(CC#N)cc2)cc1. The summed E-state index contributed by atoms with van der Waals surface area (Å²) >= 11 is 0. The molecule has 0 fully saturated rings. The maximum Gasteiger partial charge on any atom is 0.324 e. The van der Waals surface area contributed by atoms with E-state index in [0.29, 0.717) is 17.9 Å². The minimum Gasteiger partial charge on any atom is -0.494 e. The zero-order valence-electron chi connectivity index (χ0n) is 14.1.